The molecule has 1 aliphatic heterocycles. The van der Waals surface area contributed by atoms with Gasteiger partial charge in [-0.25, -0.2) is 9.37 Å². The number of thiazole rings is 1. The monoisotopic (exact) mass is 486 g/mol. The van der Waals surface area contributed by atoms with Gasteiger partial charge in [-0.15, -0.1) is 11.3 Å². The standard InChI is InChI=1S/C23H25FN4O2S.CH2O2/c1-30-12-9-26-22-27-20(16-31-22)23(18-5-3-2-4-6-18)7-10-28(11-8-23)21(29)17-13-19(24)15-25-14-17;2-1-3/h2-6,13-16H,7-12H2,1H3,(H,26,27);1H,(H,2,3). The molecule has 0 saturated carbocycles. The number of carboxylic acid groups (broad SMARTS) is 1. The lowest BCUT2D eigenvalue weighted by Crippen LogP contribution is -2.46. The first kappa shape index (κ1) is 25.3. The van der Waals surface area contributed by atoms with Crippen LogP contribution in [0, 0.1) is 5.82 Å². The van der Waals surface area contributed by atoms with Gasteiger partial charge in [0.25, 0.3) is 12.4 Å². The molecule has 1 saturated heterocycles. The van der Waals surface area contributed by atoms with Crippen molar-refractivity contribution in [1.82, 2.24) is 14.9 Å². The van der Waals surface area contributed by atoms with Gasteiger partial charge in [0.15, 0.2) is 5.13 Å². The van der Waals surface area contributed by atoms with Gasteiger partial charge < -0.3 is 20.1 Å². The maximum atomic E-state index is 13.5. The van der Waals surface area contributed by atoms with E-state index in [4.69, 9.17) is 19.6 Å². The summed E-state index contributed by atoms with van der Waals surface area (Å²) < 4.78 is 18.6. The summed E-state index contributed by atoms with van der Waals surface area (Å²) in [6, 6.07) is 11.6. The summed E-state index contributed by atoms with van der Waals surface area (Å²) in [6.07, 6.45) is 4.01. The lowest BCUT2D eigenvalue weighted by atomic mass is 9.70. The zero-order valence-electron chi connectivity index (χ0n) is 18.8. The van der Waals surface area contributed by atoms with E-state index in [0.717, 1.165) is 29.9 Å². The third-order valence-electron chi connectivity index (χ3n) is 5.76. The second-order valence-corrected chi connectivity index (χ2v) is 8.55. The second kappa shape index (κ2) is 12.2. The molecule has 1 aromatic carbocycles. The molecular formula is C24H27FN4O4S. The van der Waals surface area contributed by atoms with Crippen LogP contribution in [0.15, 0.2) is 54.2 Å². The normalized spacial score (nSPS) is 14.6. The molecule has 1 aliphatic rings. The molecule has 2 aromatic heterocycles. The molecule has 1 amide bonds. The minimum atomic E-state index is -0.502. The number of rotatable bonds is 7. The predicted molar refractivity (Wildman–Crippen MR) is 128 cm³/mol. The molecule has 0 unspecified atom stereocenters. The quantitative estimate of drug-likeness (QED) is 0.388. The highest BCUT2D eigenvalue weighted by atomic mass is 32.1. The van der Waals surface area contributed by atoms with Crippen LogP contribution in [0.5, 0.6) is 0 Å². The summed E-state index contributed by atoms with van der Waals surface area (Å²) in [5.74, 6) is -0.689. The van der Waals surface area contributed by atoms with Gasteiger partial charge in [0, 0.05) is 43.7 Å². The number of amides is 1. The Bertz CT molecular complexity index is 1070. The number of hydrogen-bond donors (Lipinski definition) is 2. The number of nitrogens with zero attached hydrogens (tertiary/aromatic N) is 3. The number of ether oxygens (including phenoxy) is 1. The van der Waals surface area contributed by atoms with Crippen LogP contribution in [-0.2, 0) is 14.9 Å². The van der Waals surface area contributed by atoms with E-state index in [2.05, 4.69) is 27.8 Å². The van der Waals surface area contributed by atoms with Gasteiger partial charge in [-0.2, -0.15) is 0 Å². The molecule has 0 spiro atoms. The average Bonchev–Trinajstić information content (AvgIpc) is 3.34. The number of anilines is 1. The summed E-state index contributed by atoms with van der Waals surface area (Å²) in [4.78, 5) is 31.7. The van der Waals surface area contributed by atoms with Crippen LogP contribution in [0.4, 0.5) is 9.52 Å². The zero-order chi connectivity index (χ0) is 24.4. The number of benzene rings is 1. The second-order valence-electron chi connectivity index (χ2n) is 7.70. The van der Waals surface area contributed by atoms with Crippen LogP contribution in [0.2, 0.25) is 0 Å². The van der Waals surface area contributed by atoms with Gasteiger partial charge >= 0.3 is 0 Å². The van der Waals surface area contributed by atoms with Crippen molar-refractivity contribution in [3.05, 3.63) is 76.8 Å². The number of nitrogens with one attached hydrogen (secondary N) is 1. The fraction of sp³-hybridized carbons (Fsp3) is 0.333. The van der Waals surface area contributed by atoms with E-state index in [9.17, 15) is 9.18 Å². The molecule has 180 valence electrons. The van der Waals surface area contributed by atoms with Crippen molar-refractivity contribution in [2.75, 3.05) is 38.7 Å². The molecule has 10 heteroatoms. The summed E-state index contributed by atoms with van der Waals surface area (Å²) in [7, 11) is 1.67. The van der Waals surface area contributed by atoms with E-state index in [1.54, 1.807) is 23.3 Å². The third kappa shape index (κ3) is 5.95. The van der Waals surface area contributed by atoms with Crippen molar-refractivity contribution in [2.24, 2.45) is 0 Å². The van der Waals surface area contributed by atoms with Crippen LogP contribution in [0.1, 0.15) is 34.5 Å². The molecule has 3 aromatic rings. The van der Waals surface area contributed by atoms with Crippen LogP contribution >= 0.6 is 11.3 Å². The molecule has 4 rings (SSSR count). The van der Waals surface area contributed by atoms with Gasteiger partial charge in [0.1, 0.15) is 5.82 Å². The van der Waals surface area contributed by atoms with Gasteiger partial charge in [-0.3, -0.25) is 14.6 Å². The van der Waals surface area contributed by atoms with Crippen molar-refractivity contribution >= 4 is 28.8 Å². The van der Waals surface area contributed by atoms with E-state index >= 15 is 0 Å². The first-order valence-corrected chi connectivity index (χ1v) is 11.6. The smallest absolute Gasteiger partial charge is 0.290 e. The molecule has 3 heterocycles. The molecular weight excluding hydrogens is 459 g/mol. The van der Waals surface area contributed by atoms with E-state index in [1.165, 1.54) is 17.8 Å². The molecule has 0 bridgehead atoms. The van der Waals surface area contributed by atoms with Crippen LogP contribution in [0.25, 0.3) is 0 Å². The Morgan fingerprint density at radius 3 is 2.65 bits per heavy atom. The van der Waals surface area contributed by atoms with Gasteiger partial charge in [0.2, 0.25) is 0 Å². The van der Waals surface area contributed by atoms with E-state index in [-0.39, 0.29) is 23.4 Å². The average molecular weight is 487 g/mol. The van der Waals surface area contributed by atoms with Crippen molar-refractivity contribution in [1.29, 1.82) is 0 Å². The van der Waals surface area contributed by atoms with Crippen molar-refractivity contribution in [2.45, 2.75) is 18.3 Å². The SMILES string of the molecule is COCCNc1nc(C2(c3ccccc3)CCN(C(=O)c3cncc(F)c3)CC2)cs1.O=CO. The first-order valence-electron chi connectivity index (χ1n) is 10.8. The zero-order valence-corrected chi connectivity index (χ0v) is 19.6. The lowest BCUT2D eigenvalue weighted by Gasteiger charge is -2.41. The number of hydrogen-bond acceptors (Lipinski definition) is 7. The minimum absolute atomic E-state index is 0.186. The van der Waals surface area contributed by atoms with Crippen LogP contribution < -0.4 is 5.32 Å². The molecule has 0 radical (unpaired) electrons. The Morgan fingerprint density at radius 2 is 2.00 bits per heavy atom. The van der Waals surface area contributed by atoms with Crippen LogP contribution in [0.3, 0.4) is 0 Å². The maximum Gasteiger partial charge on any atom is 0.290 e. The van der Waals surface area contributed by atoms with Gasteiger partial charge in [-0.1, -0.05) is 30.3 Å². The Balaban J connectivity index is 0.00000103. The summed E-state index contributed by atoms with van der Waals surface area (Å²) >= 11 is 1.58. The number of pyridine rings is 1. The van der Waals surface area contributed by atoms with Crippen molar-refractivity contribution < 1.29 is 23.8 Å². The Kier molecular flexibility index (Phi) is 9.06. The maximum absolute atomic E-state index is 13.5. The van der Waals surface area contributed by atoms with Crippen molar-refractivity contribution in [3.8, 4) is 0 Å². The Morgan fingerprint density at radius 1 is 1.29 bits per heavy atom. The molecule has 0 aliphatic carbocycles. The molecule has 0 atom stereocenters. The minimum Gasteiger partial charge on any atom is -0.483 e. The van der Waals surface area contributed by atoms with Crippen molar-refractivity contribution in [3.63, 3.8) is 0 Å². The van der Waals surface area contributed by atoms with E-state index in [1.807, 2.05) is 18.2 Å². The number of carbonyl (C=O) groups excluding carboxylic acids is 1. The molecule has 8 nitrogen and oxygen atoms in total. The topological polar surface area (TPSA) is 105 Å². The number of likely N-dealkylation sites (tertiary alicyclic amines) is 1. The number of piperidine rings is 1. The largest absolute Gasteiger partial charge is 0.483 e. The van der Waals surface area contributed by atoms with Crippen LogP contribution in [-0.4, -0.2) is 65.7 Å². The van der Waals surface area contributed by atoms with Gasteiger partial charge in [-0.05, 0) is 24.5 Å². The number of methoxy groups -OCH3 is 1. The number of halogens is 1. The number of aromatic nitrogens is 2. The highest BCUT2D eigenvalue weighted by Crippen LogP contribution is 2.42. The summed E-state index contributed by atoms with van der Waals surface area (Å²) in [6.45, 7) is 2.19. The molecule has 1 fully saturated rings. The summed E-state index contributed by atoms with van der Waals surface area (Å²) in [5, 5.41) is 13.2. The third-order valence-corrected chi connectivity index (χ3v) is 6.56. The lowest BCUT2D eigenvalue weighted by molar-refractivity contribution is -0.122. The predicted octanol–water partition coefficient (Wildman–Crippen LogP) is 3.66. The van der Waals surface area contributed by atoms with E-state index in [0.29, 0.717) is 26.2 Å². The summed E-state index contributed by atoms with van der Waals surface area (Å²) in [5.41, 5.74) is 2.23. The van der Waals surface area contributed by atoms with E-state index < -0.39 is 5.82 Å². The highest BCUT2D eigenvalue weighted by molar-refractivity contribution is 7.13. The fourth-order valence-corrected chi connectivity index (χ4v) is 4.93. The Hall–Kier alpha value is -3.37. The fourth-order valence-electron chi connectivity index (χ4n) is 4.09. The Labute approximate surface area is 201 Å². The molecule has 34 heavy (non-hydrogen) atoms. The molecule has 2 N–H and O–H groups in total. The van der Waals surface area contributed by atoms with Gasteiger partial charge in [0.05, 0.1) is 24.1 Å². The number of carbonyl (C=O) groups is 2. The first-order chi connectivity index (χ1) is 16.5. The highest BCUT2D eigenvalue weighted by Gasteiger charge is 2.41.